The number of benzene rings is 2. The van der Waals surface area contributed by atoms with Gasteiger partial charge in [-0.1, -0.05) is 18.2 Å². The summed E-state index contributed by atoms with van der Waals surface area (Å²) in [6.07, 6.45) is 0.315. The maximum absolute atomic E-state index is 11.7. The second kappa shape index (κ2) is 8.68. The number of nitrogen functional groups attached to an aromatic ring is 1. The van der Waals surface area contributed by atoms with Crippen LogP contribution in [0.5, 0.6) is 11.5 Å². The molecule has 2 aromatic carbocycles. The lowest BCUT2D eigenvalue weighted by Crippen LogP contribution is -2.29. The first-order valence-corrected chi connectivity index (χ1v) is 7.58. The Bertz CT molecular complexity index is 629. The van der Waals surface area contributed by atoms with Crippen molar-refractivity contribution in [2.24, 2.45) is 0 Å². The smallest absolute Gasteiger partial charge is 0.223 e. The predicted molar refractivity (Wildman–Crippen MR) is 90.7 cm³/mol. The fourth-order valence-electron chi connectivity index (χ4n) is 1.96. The van der Waals surface area contributed by atoms with Crippen LogP contribution in [0.4, 0.5) is 5.69 Å². The van der Waals surface area contributed by atoms with Crippen molar-refractivity contribution in [3.63, 3.8) is 0 Å². The molecule has 2 aromatic rings. The van der Waals surface area contributed by atoms with E-state index in [0.29, 0.717) is 26.2 Å². The standard InChI is InChI=1S/C18H22N2O3/c1-14-13-16(7-8-17(14)19)23-12-10-20-18(21)9-11-22-15-5-3-2-4-6-15/h2-8,13H,9-12,19H2,1H3,(H,20,21). The maximum Gasteiger partial charge on any atom is 0.223 e. The van der Waals surface area contributed by atoms with Crippen molar-refractivity contribution in [3.8, 4) is 11.5 Å². The molecule has 0 bridgehead atoms. The summed E-state index contributed by atoms with van der Waals surface area (Å²) in [6, 6.07) is 14.9. The Labute approximate surface area is 136 Å². The molecule has 0 aromatic heterocycles. The Morgan fingerprint density at radius 2 is 1.78 bits per heavy atom. The number of amides is 1. The van der Waals surface area contributed by atoms with Gasteiger partial charge in [-0.3, -0.25) is 4.79 Å². The molecule has 0 heterocycles. The maximum atomic E-state index is 11.7. The fraction of sp³-hybridized carbons (Fsp3) is 0.278. The van der Waals surface area contributed by atoms with Crippen LogP contribution in [-0.4, -0.2) is 25.7 Å². The van der Waals surface area contributed by atoms with Gasteiger partial charge < -0.3 is 20.5 Å². The van der Waals surface area contributed by atoms with Crippen LogP contribution in [0.2, 0.25) is 0 Å². The molecule has 0 aliphatic carbocycles. The van der Waals surface area contributed by atoms with Gasteiger partial charge in [0.15, 0.2) is 0 Å². The minimum Gasteiger partial charge on any atom is -0.493 e. The van der Waals surface area contributed by atoms with E-state index in [1.807, 2.05) is 55.5 Å². The number of hydrogen-bond acceptors (Lipinski definition) is 4. The van der Waals surface area contributed by atoms with E-state index in [9.17, 15) is 4.79 Å². The summed E-state index contributed by atoms with van der Waals surface area (Å²) in [7, 11) is 0. The molecule has 0 aliphatic heterocycles. The van der Waals surface area contributed by atoms with Gasteiger partial charge in [-0.25, -0.2) is 0 Å². The van der Waals surface area contributed by atoms with E-state index in [0.717, 1.165) is 22.7 Å². The molecule has 5 heteroatoms. The van der Waals surface area contributed by atoms with E-state index >= 15 is 0 Å². The Hall–Kier alpha value is -2.69. The number of ether oxygens (including phenoxy) is 2. The summed E-state index contributed by atoms with van der Waals surface area (Å²) in [6.45, 7) is 3.15. The number of carbonyl (C=O) groups excluding carboxylic acids is 1. The number of para-hydroxylation sites is 1. The monoisotopic (exact) mass is 314 g/mol. The normalized spacial score (nSPS) is 10.1. The summed E-state index contributed by atoms with van der Waals surface area (Å²) in [5.41, 5.74) is 7.46. The van der Waals surface area contributed by atoms with Crippen molar-refractivity contribution < 1.29 is 14.3 Å². The van der Waals surface area contributed by atoms with Crippen molar-refractivity contribution in [2.75, 3.05) is 25.5 Å². The molecule has 2 rings (SSSR count). The molecule has 0 fully saturated rings. The molecule has 0 radical (unpaired) electrons. The summed E-state index contributed by atoms with van der Waals surface area (Å²) < 4.78 is 11.0. The van der Waals surface area contributed by atoms with Crippen molar-refractivity contribution in [3.05, 3.63) is 54.1 Å². The first-order chi connectivity index (χ1) is 11.1. The zero-order valence-corrected chi connectivity index (χ0v) is 13.2. The van der Waals surface area contributed by atoms with E-state index in [1.54, 1.807) is 0 Å². The zero-order chi connectivity index (χ0) is 16.5. The van der Waals surface area contributed by atoms with Crippen LogP contribution in [0.3, 0.4) is 0 Å². The second-order valence-electron chi connectivity index (χ2n) is 5.13. The molecule has 122 valence electrons. The topological polar surface area (TPSA) is 73.6 Å². The van der Waals surface area contributed by atoms with Gasteiger partial charge in [0, 0.05) is 5.69 Å². The van der Waals surface area contributed by atoms with Gasteiger partial charge in [-0.15, -0.1) is 0 Å². The van der Waals surface area contributed by atoms with Crippen LogP contribution in [0.1, 0.15) is 12.0 Å². The number of carbonyl (C=O) groups is 1. The van der Waals surface area contributed by atoms with Crippen molar-refractivity contribution >= 4 is 11.6 Å². The van der Waals surface area contributed by atoms with Gasteiger partial charge in [0.2, 0.25) is 5.91 Å². The third-order valence-corrected chi connectivity index (χ3v) is 3.28. The van der Waals surface area contributed by atoms with Crippen molar-refractivity contribution in [2.45, 2.75) is 13.3 Å². The average Bonchev–Trinajstić information content (AvgIpc) is 2.56. The van der Waals surface area contributed by atoms with Crippen LogP contribution in [0.15, 0.2) is 48.5 Å². The van der Waals surface area contributed by atoms with E-state index in [4.69, 9.17) is 15.2 Å². The Morgan fingerprint density at radius 1 is 1.04 bits per heavy atom. The highest BCUT2D eigenvalue weighted by Crippen LogP contribution is 2.18. The summed E-state index contributed by atoms with van der Waals surface area (Å²) in [4.78, 5) is 11.7. The average molecular weight is 314 g/mol. The Morgan fingerprint density at radius 3 is 2.52 bits per heavy atom. The lowest BCUT2D eigenvalue weighted by atomic mass is 10.2. The Balaban J connectivity index is 1.58. The molecule has 1 amide bonds. The highest BCUT2D eigenvalue weighted by molar-refractivity contribution is 5.75. The summed E-state index contributed by atoms with van der Waals surface area (Å²) in [5.74, 6) is 1.46. The van der Waals surface area contributed by atoms with Crippen LogP contribution in [0, 0.1) is 6.92 Å². The fourth-order valence-corrected chi connectivity index (χ4v) is 1.96. The zero-order valence-electron chi connectivity index (χ0n) is 13.2. The van der Waals surface area contributed by atoms with Gasteiger partial charge in [-0.05, 0) is 42.8 Å². The molecule has 23 heavy (non-hydrogen) atoms. The SMILES string of the molecule is Cc1cc(OCCNC(=O)CCOc2ccccc2)ccc1N. The lowest BCUT2D eigenvalue weighted by molar-refractivity contribution is -0.121. The van der Waals surface area contributed by atoms with E-state index < -0.39 is 0 Å². The summed E-state index contributed by atoms with van der Waals surface area (Å²) >= 11 is 0. The molecule has 5 nitrogen and oxygen atoms in total. The van der Waals surface area contributed by atoms with Crippen LogP contribution in [0.25, 0.3) is 0 Å². The summed E-state index contributed by atoms with van der Waals surface area (Å²) in [5, 5.41) is 2.80. The number of nitrogens with one attached hydrogen (secondary N) is 1. The largest absolute Gasteiger partial charge is 0.493 e. The van der Waals surface area contributed by atoms with Crippen LogP contribution in [-0.2, 0) is 4.79 Å². The number of aryl methyl sites for hydroxylation is 1. The van der Waals surface area contributed by atoms with Gasteiger partial charge in [0.05, 0.1) is 19.6 Å². The molecule has 0 spiro atoms. The second-order valence-corrected chi connectivity index (χ2v) is 5.13. The molecule has 0 atom stereocenters. The van der Waals surface area contributed by atoms with Gasteiger partial charge >= 0.3 is 0 Å². The molecular weight excluding hydrogens is 292 g/mol. The van der Waals surface area contributed by atoms with Gasteiger partial charge in [0.25, 0.3) is 0 Å². The number of anilines is 1. The highest BCUT2D eigenvalue weighted by Gasteiger charge is 2.02. The van der Waals surface area contributed by atoms with Crippen molar-refractivity contribution in [1.29, 1.82) is 0 Å². The van der Waals surface area contributed by atoms with Crippen LogP contribution >= 0.6 is 0 Å². The first kappa shape index (κ1) is 16.7. The van der Waals surface area contributed by atoms with E-state index in [-0.39, 0.29) is 5.91 Å². The van der Waals surface area contributed by atoms with Gasteiger partial charge in [-0.2, -0.15) is 0 Å². The quantitative estimate of drug-likeness (QED) is 0.580. The number of hydrogen-bond donors (Lipinski definition) is 2. The van der Waals surface area contributed by atoms with Crippen LogP contribution < -0.4 is 20.5 Å². The van der Waals surface area contributed by atoms with Crippen molar-refractivity contribution in [1.82, 2.24) is 5.32 Å². The minimum atomic E-state index is -0.0574. The molecule has 0 unspecified atom stereocenters. The molecule has 0 saturated heterocycles. The first-order valence-electron chi connectivity index (χ1n) is 7.58. The minimum absolute atomic E-state index is 0.0574. The lowest BCUT2D eigenvalue weighted by Gasteiger charge is -2.10. The van der Waals surface area contributed by atoms with E-state index in [2.05, 4.69) is 5.32 Å². The molecular formula is C18H22N2O3. The third kappa shape index (κ3) is 5.90. The van der Waals surface area contributed by atoms with E-state index in [1.165, 1.54) is 0 Å². The highest BCUT2D eigenvalue weighted by atomic mass is 16.5. The van der Waals surface area contributed by atoms with Gasteiger partial charge in [0.1, 0.15) is 18.1 Å². The number of rotatable bonds is 8. The molecule has 0 aliphatic rings. The molecule has 3 N–H and O–H groups in total. The predicted octanol–water partition coefficient (Wildman–Crippen LogP) is 2.54. The molecule has 0 saturated carbocycles. The number of nitrogens with two attached hydrogens (primary N) is 1. The third-order valence-electron chi connectivity index (χ3n) is 3.28. The Kier molecular flexibility index (Phi) is 6.29.